The van der Waals surface area contributed by atoms with Gasteiger partial charge in [-0.15, -0.1) is 0 Å². The van der Waals surface area contributed by atoms with Crippen molar-refractivity contribution in [1.29, 1.82) is 0 Å². The average Bonchev–Trinajstić information content (AvgIpc) is 2.93. The number of hydrogen-bond donors (Lipinski definition) is 1. The van der Waals surface area contributed by atoms with Gasteiger partial charge in [0, 0.05) is 17.7 Å². The molecule has 8 heteroatoms. The van der Waals surface area contributed by atoms with Crippen LogP contribution in [0.15, 0.2) is 24.3 Å². The molecule has 2 fully saturated rings. The molecule has 1 saturated heterocycles. The monoisotopic (exact) mass is 334 g/mol. The van der Waals surface area contributed by atoms with Gasteiger partial charge in [-0.25, -0.2) is 4.79 Å². The number of rotatable bonds is 3. The summed E-state index contributed by atoms with van der Waals surface area (Å²) in [5.74, 6) is -1.67. The average molecular weight is 334 g/mol. The Balaban J connectivity index is 1.98. The lowest BCUT2D eigenvalue weighted by molar-refractivity contribution is -0.384. The van der Waals surface area contributed by atoms with Gasteiger partial charge in [0.1, 0.15) is 5.72 Å². The van der Waals surface area contributed by atoms with Crippen molar-refractivity contribution in [2.75, 3.05) is 6.61 Å². The zero-order valence-electron chi connectivity index (χ0n) is 13.0. The Morgan fingerprint density at radius 2 is 2.00 bits per heavy atom. The number of aliphatic carboxylic acids is 1. The zero-order chi connectivity index (χ0) is 17.3. The summed E-state index contributed by atoms with van der Waals surface area (Å²) >= 11 is 0. The van der Waals surface area contributed by atoms with E-state index in [-0.39, 0.29) is 17.9 Å². The molecule has 1 aromatic carbocycles. The van der Waals surface area contributed by atoms with Gasteiger partial charge in [-0.1, -0.05) is 12.5 Å². The normalized spacial score (nSPS) is 22.5. The highest BCUT2D eigenvalue weighted by Crippen LogP contribution is 2.41. The second-order valence-corrected chi connectivity index (χ2v) is 6.15. The lowest BCUT2D eigenvalue weighted by Gasteiger charge is -2.41. The first-order valence-corrected chi connectivity index (χ1v) is 7.89. The maximum absolute atomic E-state index is 13.0. The predicted octanol–water partition coefficient (Wildman–Crippen LogP) is 2.18. The van der Waals surface area contributed by atoms with Crippen LogP contribution in [0.4, 0.5) is 5.69 Å². The molecule has 1 amide bonds. The Morgan fingerprint density at radius 3 is 2.62 bits per heavy atom. The van der Waals surface area contributed by atoms with E-state index in [1.807, 2.05) is 0 Å². The second kappa shape index (κ2) is 6.20. The SMILES string of the molecule is O=C(O)C1COC2(CCCCC2)N1C(=O)c1cccc([N+](=O)[O-])c1. The molecule has 8 nitrogen and oxygen atoms in total. The zero-order valence-corrected chi connectivity index (χ0v) is 13.0. The fraction of sp³-hybridized carbons (Fsp3) is 0.500. The Kier molecular flexibility index (Phi) is 4.23. The van der Waals surface area contributed by atoms with Gasteiger partial charge in [0.2, 0.25) is 0 Å². The van der Waals surface area contributed by atoms with Gasteiger partial charge >= 0.3 is 5.97 Å². The van der Waals surface area contributed by atoms with E-state index in [4.69, 9.17) is 4.74 Å². The van der Waals surface area contributed by atoms with E-state index in [1.165, 1.54) is 29.2 Å². The highest BCUT2D eigenvalue weighted by molar-refractivity contribution is 5.98. The molecular formula is C16H18N2O6. The van der Waals surface area contributed by atoms with Crippen LogP contribution >= 0.6 is 0 Å². The Bertz CT molecular complexity index is 683. The molecule has 128 valence electrons. The summed E-state index contributed by atoms with van der Waals surface area (Å²) in [5.41, 5.74) is -1.01. The third-order valence-electron chi connectivity index (χ3n) is 4.70. The summed E-state index contributed by atoms with van der Waals surface area (Å²) in [6, 6.07) is 4.28. The minimum absolute atomic E-state index is 0.0595. The molecule has 1 aliphatic heterocycles. The molecule has 1 spiro atoms. The summed E-state index contributed by atoms with van der Waals surface area (Å²) in [6.07, 6.45) is 3.88. The summed E-state index contributed by atoms with van der Waals surface area (Å²) in [4.78, 5) is 36.2. The van der Waals surface area contributed by atoms with Crippen LogP contribution in [-0.2, 0) is 9.53 Å². The summed E-state index contributed by atoms with van der Waals surface area (Å²) < 4.78 is 5.78. The number of amides is 1. The van der Waals surface area contributed by atoms with E-state index in [1.54, 1.807) is 0 Å². The number of nitrogens with zero attached hydrogens (tertiary/aromatic N) is 2. The van der Waals surface area contributed by atoms with Gasteiger partial charge in [-0.3, -0.25) is 19.8 Å². The predicted molar refractivity (Wildman–Crippen MR) is 82.5 cm³/mol. The van der Waals surface area contributed by atoms with Crippen LogP contribution in [0.5, 0.6) is 0 Å². The number of carbonyl (C=O) groups excluding carboxylic acids is 1. The summed E-state index contributed by atoms with van der Waals surface area (Å²) in [5, 5.41) is 20.4. The molecule has 1 N–H and O–H groups in total. The summed E-state index contributed by atoms with van der Waals surface area (Å²) in [7, 11) is 0. The first-order valence-electron chi connectivity index (χ1n) is 7.89. The van der Waals surface area contributed by atoms with Gasteiger partial charge in [0.25, 0.3) is 11.6 Å². The maximum atomic E-state index is 13.0. The molecule has 0 aromatic heterocycles. The van der Waals surface area contributed by atoms with Crippen LogP contribution in [-0.4, -0.2) is 45.2 Å². The fourth-order valence-corrected chi connectivity index (χ4v) is 3.55. The van der Waals surface area contributed by atoms with Crippen molar-refractivity contribution in [3.63, 3.8) is 0 Å². The van der Waals surface area contributed by atoms with Crippen molar-refractivity contribution in [1.82, 2.24) is 4.90 Å². The molecular weight excluding hydrogens is 316 g/mol. The number of ether oxygens (including phenoxy) is 1. The van der Waals surface area contributed by atoms with Gasteiger partial charge in [-0.2, -0.15) is 0 Å². The first kappa shape index (κ1) is 16.4. The number of carbonyl (C=O) groups is 2. The number of carboxylic acids is 1. The van der Waals surface area contributed by atoms with Crippen LogP contribution in [0.2, 0.25) is 0 Å². The standard InChI is InChI=1S/C16H18N2O6/c19-14(11-5-4-6-12(9-11)18(22)23)17-13(15(20)21)10-24-16(17)7-2-1-3-8-16/h4-6,9,13H,1-3,7-8,10H2,(H,20,21). The van der Waals surface area contributed by atoms with Gasteiger partial charge in [-0.05, 0) is 31.7 Å². The van der Waals surface area contributed by atoms with E-state index in [9.17, 15) is 24.8 Å². The van der Waals surface area contributed by atoms with Gasteiger partial charge in [0.15, 0.2) is 6.04 Å². The highest BCUT2D eigenvalue weighted by Gasteiger charge is 2.53. The van der Waals surface area contributed by atoms with Gasteiger partial charge < -0.3 is 9.84 Å². The van der Waals surface area contributed by atoms with Crippen molar-refractivity contribution in [2.24, 2.45) is 0 Å². The third-order valence-corrected chi connectivity index (χ3v) is 4.70. The van der Waals surface area contributed by atoms with E-state index in [0.29, 0.717) is 12.8 Å². The van der Waals surface area contributed by atoms with E-state index in [2.05, 4.69) is 0 Å². The highest BCUT2D eigenvalue weighted by atomic mass is 16.6. The lowest BCUT2D eigenvalue weighted by atomic mass is 9.89. The topological polar surface area (TPSA) is 110 Å². The number of benzene rings is 1. The van der Waals surface area contributed by atoms with Crippen LogP contribution in [0.25, 0.3) is 0 Å². The molecule has 3 rings (SSSR count). The smallest absolute Gasteiger partial charge is 0.328 e. The number of nitro groups is 1. The van der Waals surface area contributed by atoms with E-state index < -0.39 is 28.6 Å². The second-order valence-electron chi connectivity index (χ2n) is 6.15. The van der Waals surface area contributed by atoms with Crippen molar-refractivity contribution in [3.8, 4) is 0 Å². The van der Waals surface area contributed by atoms with Crippen LogP contribution in [0, 0.1) is 10.1 Å². The molecule has 1 aromatic rings. The fourth-order valence-electron chi connectivity index (χ4n) is 3.55. The van der Waals surface area contributed by atoms with Crippen LogP contribution in [0.1, 0.15) is 42.5 Å². The molecule has 1 atom stereocenters. The summed E-state index contributed by atoms with van der Waals surface area (Å²) in [6.45, 7) is -0.0595. The van der Waals surface area contributed by atoms with E-state index in [0.717, 1.165) is 19.3 Å². The minimum atomic E-state index is -1.13. The number of nitro benzene ring substituents is 1. The molecule has 2 aliphatic rings. The lowest BCUT2D eigenvalue weighted by Crippen LogP contribution is -2.54. The quantitative estimate of drug-likeness (QED) is 0.670. The Morgan fingerprint density at radius 1 is 1.29 bits per heavy atom. The molecule has 1 heterocycles. The van der Waals surface area contributed by atoms with E-state index >= 15 is 0 Å². The Hall–Kier alpha value is -2.48. The number of carboxylic acid groups (broad SMARTS) is 1. The maximum Gasteiger partial charge on any atom is 0.328 e. The molecule has 0 radical (unpaired) electrons. The van der Waals surface area contributed by atoms with Crippen molar-refractivity contribution < 1.29 is 24.4 Å². The molecule has 0 bridgehead atoms. The molecule has 1 aliphatic carbocycles. The molecule has 1 unspecified atom stereocenters. The Labute approximate surface area is 138 Å². The molecule has 24 heavy (non-hydrogen) atoms. The van der Waals surface area contributed by atoms with Gasteiger partial charge in [0.05, 0.1) is 11.5 Å². The van der Waals surface area contributed by atoms with Crippen molar-refractivity contribution in [3.05, 3.63) is 39.9 Å². The largest absolute Gasteiger partial charge is 0.480 e. The number of hydrogen-bond acceptors (Lipinski definition) is 5. The van der Waals surface area contributed by atoms with Crippen LogP contribution < -0.4 is 0 Å². The molecule has 1 saturated carbocycles. The first-order chi connectivity index (χ1) is 11.4. The van der Waals surface area contributed by atoms with Crippen molar-refractivity contribution in [2.45, 2.75) is 43.9 Å². The number of non-ortho nitro benzene ring substituents is 1. The minimum Gasteiger partial charge on any atom is -0.480 e. The third kappa shape index (κ3) is 2.73. The van der Waals surface area contributed by atoms with Crippen LogP contribution in [0.3, 0.4) is 0 Å². The van der Waals surface area contributed by atoms with Crippen molar-refractivity contribution >= 4 is 17.6 Å².